The van der Waals surface area contributed by atoms with Gasteiger partial charge in [0.05, 0.1) is 35.6 Å². The molecule has 2 aliphatic heterocycles. The van der Waals surface area contributed by atoms with E-state index >= 15 is 0 Å². The second-order valence-corrected chi connectivity index (χ2v) is 11.2. The first-order valence-corrected chi connectivity index (χ1v) is 13.6. The number of carboxylic acids is 2. The van der Waals surface area contributed by atoms with Crippen LogP contribution in [0.5, 0.6) is 0 Å². The highest BCUT2D eigenvalue weighted by Crippen LogP contribution is 2.48. The summed E-state index contributed by atoms with van der Waals surface area (Å²) in [7, 11) is 4.03. The molecule has 4 aromatic rings. The summed E-state index contributed by atoms with van der Waals surface area (Å²) < 4.78 is 0. The number of para-hydroxylation sites is 2. The molecule has 8 heteroatoms. The topological polar surface area (TPSA) is 81.1 Å². The van der Waals surface area contributed by atoms with E-state index in [0.717, 1.165) is 43.7 Å². The number of carboxylic acid groups (broad SMARTS) is 2. The van der Waals surface area contributed by atoms with Gasteiger partial charge >= 0.3 is 11.9 Å². The third-order valence-electron chi connectivity index (χ3n) is 6.37. The smallest absolute Gasteiger partial charge is 0.307 e. The van der Waals surface area contributed by atoms with Crippen LogP contribution < -0.4 is 9.80 Å². The van der Waals surface area contributed by atoms with Crippen LogP contribution in [0.3, 0.4) is 0 Å². The lowest BCUT2D eigenvalue weighted by atomic mass is 10.1. The maximum atomic E-state index is 10.8. The van der Waals surface area contributed by atoms with Gasteiger partial charge in [-0.2, -0.15) is 0 Å². The normalized spacial score (nSPS) is 12.8. The standard InChI is InChI=1S/2C15H13NO2S/c2*1-16-11-4-2-3-5-13(11)19-14-7-6-10(8-12(14)16)9-15(17)18/h2*2-8H,9H2,1H3,(H,17,18). The Morgan fingerprint density at radius 3 is 1.34 bits per heavy atom. The van der Waals surface area contributed by atoms with Crippen molar-refractivity contribution in [3.05, 3.63) is 96.1 Å². The second kappa shape index (κ2) is 10.8. The molecular formula is C30H26N2O4S2. The first-order valence-electron chi connectivity index (χ1n) is 12.0. The molecular weight excluding hydrogens is 516 g/mol. The molecule has 2 aliphatic rings. The van der Waals surface area contributed by atoms with Crippen LogP contribution in [-0.4, -0.2) is 36.2 Å². The van der Waals surface area contributed by atoms with Crippen LogP contribution >= 0.6 is 23.5 Å². The Kier molecular flexibility index (Phi) is 7.35. The van der Waals surface area contributed by atoms with Gasteiger partial charge in [-0.25, -0.2) is 0 Å². The highest BCUT2D eigenvalue weighted by molar-refractivity contribution is 8.00. The maximum Gasteiger partial charge on any atom is 0.307 e. The summed E-state index contributed by atoms with van der Waals surface area (Å²) in [4.78, 5) is 30.6. The van der Waals surface area contributed by atoms with E-state index in [9.17, 15) is 9.59 Å². The highest BCUT2D eigenvalue weighted by atomic mass is 32.2. The SMILES string of the molecule is CN1c2ccccc2Sc2ccc(CC(=O)O)cc21.CN1c2ccccc2Sc2ccc(CC(=O)O)cc21. The number of aliphatic carboxylic acids is 2. The van der Waals surface area contributed by atoms with E-state index in [-0.39, 0.29) is 12.8 Å². The summed E-state index contributed by atoms with van der Waals surface area (Å²) >= 11 is 3.45. The van der Waals surface area contributed by atoms with Crippen LogP contribution in [0.2, 0.25) is 0 Å². The van der Waals surface area contributed by atoms with Gasteiger partial charge in [0.15, 0.2) is 0 Å². The fraction of sp³-hybridized carbons (Fsp3) is 0.133. The average molecular weight is 543 g/mol. The van der Waals surface area contributed by atoms with Crippen molar-refractivity contribution >= 4 is 58.2 Å². The molecule has 0 amide bonds. The third-order valence-corrected chi connectivity index (χ3v) is 8.63. The largest absolute Gasteiger partial charge is 0.481 e. The number of benzene rings is 4. The van der Waals surface area contributed by atoms with Gasteiger partial charge in [0.2, 0.25) is 0 Å². The highest BCUT2D eigenvalue weighted by Gasteiger charge is 2.22. The Morgan fingerprint density at radius 1 is 0.579 bits per heavy atom. The van der Waals surface area contributed by atoms with Gasteiger partial charge < -0.3 is 20.0 Å². The number of nitrogens with zero attached hydrogens (tertiary/aromatic N) is 2. The van der Waals surface area contributed by atoms with Gasteiger partial charge in [0.25, 0.3) is 0 Å². The summed E-state index contributed by atoms with van der Waals surface area (Å²) in [5, 5.41) is 17.8. The van der Waals surface area contributed by atoms with E-state index in [1.54, 1.807) is 23.5 Å². The minimum atomic E-state index is -0.800. The molecule has 38 heavy (non-hydrogen) atoms. The molecule has 0 unspecified atom stereocenters. The quantitative estimate of drug-likeness (QED) is 0.283. The van der Waals surface area contributed by atoms with Crippen LogP contribution in [0.15, 0.2) is 105 Å². The molecule has 0 aliphatic carbocycles. The zero-order valence-electron chi connectivity index (χ0n) is 20.9. The average Bonchev–Trinajstić information content (AvgIpc) is 2.90. The Balaban J connectivity index is 0.000000155. The van der Waals surface area contributed by atoms with Crippen molar-refractivity contribution in [1.82, 2.24) is 0 Å². The minimum absolute atomic E-state index is 0.0629. The van der Waals surface area contributed by atoms with Crippen LogP contribution in [0.4, 0.5) is 22.7 Å². The second-order valence-electron chi connectivity index (χ2n) is 9.00. The minimum Gasteiger partial charge on any atom is -0.481 e. The van der Waals surface area contributed by atoms with E-state index in [1.807, 2.05) is 74.8 Å². The van der Waals surface area contributed by atoms with Crippen molar-refractivity contribution in [3.8, 4) is 0 Å². The lowest BCUT2D eigenvalue weighted by Crippen LogP contribution is -2.15. The van der Waals surface area contributed by atoms with Gasteiger partial charge in [0, 0.05) is 33.7 Å². The predicted octanol–water partition coefficient (Wildman–Crippen LogP) is 7.09. The lowest BCUT2D eigenvalue weighted by Gasteiger charge is -2.29. The molecule has 0 fully saturated rings. The van der Waals surface area contributed by atoms with Gasteiger partial charge in [-0.1, -0.05) is 59.9 Å². The summed E-state index contributed by atoms with van der Waals surface area (Å²) in [6.45, 7) is 0. The van der Waals surface area contributed by atoms with E-state index in [2.05, 4.69) is 34.1 Å². The van der Waals surface area contributed by atoms with Crippen molar-refractivity contribution in [3.63, 3.8) is 0 Å². The number of carbonyl (C=O) groups is 2. The van der Waals surface area contributed by atoms with Crippen LogP contribution in [0, 0.1) is 0 Å². The molecule has 4 aromatic carbocycles. The van der Waals surface area contributed by atoms with E-state index in [0.29, 0.717) is 0 Å². The zero-order valence-corrected chi connectivity index (χ0v) is 22.6. The zero-order chi connectivity index (χ0) is 26.8. The van der Waals surface area contributed by atoms with E-state index in [1.165, 1.54) is 9.79 Å². The van der Waals surface area contributed by atoms with Crippen LogP contribution in [0.1, 0.15) is 11.1 Å². The lowest BCUT2D eigenvalue weighted by molar-refractivity contribution is -0.137. The molecule has 2 N–H and O–H groups in total. The fourth-order valence-corrected chi connectivity index (χ4v) is 6.79. The van der Waals surface area contributed by atoms with Crippen LogP contribution in [-0.2, 0) is 22.4 Å². The molecule has 0 bridgehead atoms. The summed E-state index contributed by atoms with van der Waals surface area (Å²) in [5.41, 5.74) is 6.13. The molecule has 6 nitrogen and oxygen atoms in total. The Hall–Kier alpha value is -3.88. The maximum absolute atomic E-state index is 10.8. The first-order chi connectivity index (χ1) is 18.3. The first kappa shape index (κ1) is 25.8. The Morgan fingerprint density at radius 2 is 0.947 bits per heavy atom. The fourth-order valence-electron chi connectivity index (χ4n) is 4.53. The number of rotatable bonds is 4. The van der Waals surface area contributed by atoms with Crippen LogP contribution in [0.25, 0.3) is 0 Å². The van der Waals surface area contributed by atoms with Crippen molar-refractivity contribution in [2.24, 2.45) is 0 Å². The van der Waals surface area contributed by atoms with Crippen molar-refractivity contribution in [2.45, 2.75) is 32.4 Å². The van der Waals surface area contributed by atoms with Crippen molar-refractivity contribution < 1.29 is 19.8 Å². The van der Waals surface area contributed by atoms with E-state index in [4.69, 9.17) is 10.2 Å². The third kappa shape index (κ3) is 5.37. The molecule has 0 saturated carbocycles. The summed E-state index contributed by atoms with van der Waals surface area (Å²) in [6, 6.07) is 28.2. The number of hydrogen-bond acceptors (Lipinski definition) is 6. The summed E-state index contributed by atoms with van der Waals surface area (Å²) in [6.07, 6.45) is 0.126. The van der Waals surface area contributed by atoms with Gasteiger partial charge in [0.1, 0.15) is 0 Å². The predicted molar refractivity (Wildman–Crippen MR) is 153 cm³/mol. The summed E-state index contributed by atoms with van der Waals surface area (Å²) in [5.74, 6) is -1.60. The van der Waals surface area contributed by atoms with Gasteiger partial charge in [-0.3, -0.25) is 9.59 Å². The molecule has 0 spiro atoms. The monoisotopic (exact) mass is 542 g/mol. The number of hydrogen-bond donors (Lipinski definition) is 2. The molecule has 0 atom stereocenters. The molecule has 0 radical (unpaired) electrons. The Bertz CT molecular complexity index is 1420. The number of fused-ring (bicyclic) bond motifs is 4. The molecule has 6 rings (SSSR count). The Labute approximate surface area is 229 Å². The molecule has 0 aromatic heterocycles. The van der Waals surface area contributed by atoms with Crippen molar-refractivity contribution in [1.29, 1.82) is 0 Å². The van der Waals surface area contributed by atoms with Gasteiger partial charge in [-0.15, -0.1) is 0 Å². The number of anilines is 4. The van der Waals surface area contributed by atoms with Crippen molar-refractivity contribution in [2.75, 3.05) is 23.9 Å². The van der Waals surface area contributed by atoms with E-state index < -0.39 is 11.9 Å². The van der Waals surface area contributed by atoms with Gasteiger partial charge in [-0.05, 0) is 59.7 Å². The molecule has 2 heterocycles. The molecule has 0 saturated heterocycles. The molecule has 192 valence electrons.